The number of nitrogens with one attached hydrogen (secondary N) is 1. The van der Waals surface area contributed by atoms with Gasteiger partial charge in [0.15, 0.2) is 0 Å². The van der Waals surface area contributed by atoms with E-state index >= 15 is 0 Å². The van der Waals surface area contributed by atoms with Crippen molar-refractivity contribution in [1.82, 2.24) is 0 Å². The Morgan fingerprint density at radius 1 is 1.20 bits per heavy atom. The monoisotopic (exact) mass is 362 g/mol. The lowest BCUT2D eigenvalue weighted by Crippen LogP contribution is -2.13. The number of rotatable bonds is 6. The van der Waals surface area contributed by atoms with Gasteiger partial charge in [-0.1, -0.05) is 18.5 Å². The largest absolute Gasteiger partial charge is 0.462 e. The molecule has 0 aliphatic carbocycles. The number of carbonyl (C=O) groups excluding carboxylic acids is 2. The molecule has 0 atom stereocenters. The third kappa shape index (κ3) is 4.77. The molecule has 0 saturated carbocycles. The molecule has 1 amide bonds. The Hall–Kier alpha value is -2.93. The highest BCUT2D eigenvalue weighted by Crippen LogP contribution is 2.23. The summed E-state index contributed by atoms with van der Waals surface area (Å²) in [5, 5.41) is 13.5. The lowest BCUT2D eigenvalue weighted by molar-refractivity contribution is -0.384. The van der Waals surface area contributed by atoms with Gasteiger partial charge in [-0.2, -0.15) is 0 Å². The first kappa shape index (κ1) is 18.4. The van der Waals surface area contributed by atoms with Crippen molar-refractivity contribution in [2.24, 2.45) is 0 Å². The summed E-state index contributed by atoms with van der Waals surface area (Å²) in [6.07, 6.45) is 0.726. The van der Waals surface area contributed by atoms with Crippen LogP contribution in [0.15, 0.2) is 42.5 Å². The van der Waals surface area contributed by atoms with Gasteiger partial charge in [0.2, 0.25) is 0 Å². The molecule has 0 aromatic heterocycles. The predicted octanol–water partition coefficient (Wildman–Crippen LogP) is 4.07. The van der Waals surface area contributed by atoms with E-state index in [1.165, 1.54) is 36.4 Å². The molecule has 0 aliphatic heterocycles. The number of nitrogens with zero attached hydrogens (tertiary/aromatic N) is 1. The number of esters is 1. The van der Waals surface area contributed by atoms with Crippen LogP contribution in [0.1, 0.15) is 34.1 Å². The molecule has 1 N–H and O–H groups in total. The van der Waals surface area contributed by atoms with Crippen LogP contribution in [0.5, 0.6) is 0 Å². The van der Waals surface area contributed by atoms with Crippen molar-refractivity contribution in [2.75, 3.05) is 11.9 Å². The molecule has 0 aliphatic rings. The highest BCUT2D eigenvalue weighted by molar-refractivity contribution is 6.34. The topological polar surface area (TPSA) is 98.5 Å². The Kier molecular flexibility index (Phi) is 6.08. The fraction of sp³-hybridized carbons (Fsp3) is 0.176. The molecule has 25 heavy (non-hydrogen) atoms. The summed E-state index contributed by atoms with van der Waals surface area (Å²) < 4.78 is 5.01. The lowest BCUT2D eigenvalue weighted by atomic mass is 10.1. The van der Waals surface area contributed by atoms with E-state index in [2.05, 4.69) is 5.32 Å². The number of benzene rings is 2. The summed E-state index contributed by atoms with van der Waals surface area (Å²) in [6.45, 7) is 2.23. The van der Waals surface area contributed by atoms with Crippen LogP contribution in [-0.4, -0.2) is 23.4 Å². The van der Waals surface area contributed by atoms with Gasteiger partial charge in [0.25, 0.3) is 11.6 Å². The van der Waals surface area contributed by atoms with Gasteiger partial charge in [-0.3, -0.25) is 14.9 Å². The minimum Gasteiger partial charge on any atom is -0.462 e. The minimum atomic E-state index is -0.607. The molecule has 2 aromatic carbocycles. The summed E-state index contributed by atoms with van der Waals surface area (Å²) >= 11 is 5.93. The SMILES string of the molecule is CCCOC(=O)c1ccc(NC(=O)c2cc([N+](=O)[O-])ccc2Cl)cc1. The standard InChI is InChI=1S/C17H15ClN2O5/c1-2-9-25-17(22)11-3-5-12(6-4-11)19-16(21)14-10-13(20(23)24)7-8-15(14)18/h3-8,10H,2,9H2,1H3,(H,19,21). The Balaban J connectivity index is 2.12. The van der Waals surface area contributed by atoms with E-state index in [4.69, 9.17) is 16.3 Å². The highest BCUT2D eigenvalue weighted by Gasteiger charge is 2.16. The summed E-state index contributed by atoms with van der Waals surface area (Å²) in [4.78, 5) is 34.2. The van der Waals surface area contributed by atoms with E-state index in [1.54, 1.807) is 0 Å². The summed E-state index contributed by atoms with van der Waals surface area (Å²) in [6, 6.07) is 9.72. The number of halogens is 1. The van der Waals surface area contributed by atoms with Crippen LogP contribution >= 0.6 is 11.6 Å². The maximum atomic E-state index is 12.3. The number of carbonyl (C=O) groups is 2. The van der Waals surface area contributed by atoms with Gasteiger partial charge >= 0.3 is 5.97 Å². The average molecular weight is 363 g/mol. The van der Waals surface area contributed by atoms with Crippen LogP contribution in [0.25, 0.3) is 0 Å². The van der Waals surface area contributed by atoms with E-state index in [9.17, 15) is 19.7 Å². The number of non-ortho nitro benzene ring substituents is 1. The number of anilines is 1. The quantitative estimate of drug-likeness (QED) is 0.474. The van der Waals surface area contributed by atoms with Gasteiger partial charge in [-0.25, -0.2) is 4.79 Å². The molecule has 0 fully saturated rings. The van der Waals surface area contributed by atoms with Crippen molar-refractivity contribution < 1.29 is 19.2 Å². The third-order valence-corrected chi connectivity index (χ3v) is 3.55. The molecule has 130 valence electrons. The van der Waals surface area contributed by atoms with Crippen molar-refractivity contribution >= 4 is 34.9 Å². The molecule has 0 bridgehead atoms. The number of ether oxygens (including phenoxy) is 1. The second-order valence-corrected chi connectivity index (χ2v) is 5.50. The zero-order chi connectivity index (χ0) is 18.4. The summed E-state index contributed by atoms with van der Waals surface area (Å²) in [5.41, 5.74) is 0.533. The minimum absolute atomic E-state index is 0.0118. The van der Waals surface area contributed by atoms with Crippen LogP contribution in [0.4, 0.5) is 11.4 Å². The molecule has 2 rings (SSSR count). The Morgan fingerprint density at radius 2 is 1.88 bits per heavy atom. The molecule has 0 unspecified atom stereocenters. The lowest BCUT2D eigenvalue weighted by Gasteiger charge is -2.08. The molecule has 0 radical (unpaired) electrons. The van der Waals surface area contributed by atoms with Crippen molar-refractivity contribution in [3.05, 3.63) is 68.7 Å². The van der Waals surface area contributed by atoms with Crippen LogP contribution in [0.2, 0.25) is 5.02 Å². The number of amides is 1. The molecule has 2 aromatic rings. The zero-order valence-electron chi connectivity index (χ0n) is 13.3. The van der Waals surface area contributed by atoms with Gasteiger partial charge in [-0.15, -0.1) is 0 Å². The average Bonchev–Trinajstić information content (AvgIpc) is 2.60. The first-order valence-electron chi connectivity index (χ1n) is 7.45. The smallest absolute Gasteiger partial charge is 0.338 e. The Bertz CT molecular complexity index is 805. The Morgan fingerprint density at radius 3 is 2.48 bits per heavy atom. The van der Waals surface area contributed by atoms with Crippen LogP contribution in [0, 0.1) is 10.1 Å². The fourth-order valence-corrected chi connectivity index (χ4v) is 2.17. The Labute approximate surface area is 148 Å². The highest BCUT2D eigenvalue weighted by atomic mass is 35.5. The molecular formula is C17H15ClN2O5. The number of nitro benzene ring substituents is 1. The maximum absolute atomic E-state index is 12.3. The van der Waals surface area contributed by atoms with E-state index < -0.39 is 16.8 Å². The first-order chi connectivity index (χ1) is 11.9. The predicted molar refractivity (Wildman–Crippen MR) is 93.1 cm³/mol. The molecule has 0 spiro atoms. The molecular weight excluding hydrogens is 348 g/mol. The summed E-state index contributed by atoms with van der Waals surface area (Å²) in [7, 11) is 0. The zero-order valence-corrected chi connectivity index (χ0v) is 14.1. The van der Waals surface area contributed by atoms with Gasteiger partial charge in [-0.05, 0) is 36.8 Å². The number of hydrogen-bond donors (Lipinski definition) is 1. The second kappa shape index (κ2) is 8.25. The van der Waals surface area contributed by atoms with Crippen molar-refractivity contribution in [1.29, 1.82) is 0 Å². The van der Waals surface area contributed by atoms with Crippen molar-refractivity contribution in [2.45, 2.75) is 13.3 Å². The molecule has 0 saturated heterocycles. The van der Waals surface area contributed by atoms with Crippen LogP contribution < -0.4 is 5.32 Å². The first-order valence-corrected chi connectivity index (χ1v) is 7.82. The van der Waals surface area contributed by atoms with Crippen LogP contribution in [0.3, 0.4) is 0 Å². The van der Waals surface area contributed by atoms with E-state index in [-0.39, 0.29) is 16.3 Å². The maximum Gasteiger partial charge on any atom is 0.338 e. The number of hydrogen-bond acceptors (Lipinski definition) is 5. The van der Waals surface area contributed by atoms with E-state index in [0.717, 1.165) is 12.5 Å². The number of nitro groups is 1. The van der Waals surface area contributed by atoms with E-state index in [1.807, 2.05) is 6.92 Å². The van der Waals surface area contributed by atoms with Gasteiger partial charge < -0.3 is 10.1 Å². The fourth-order valence-electron chi connectivity index (χ4n) is 1.97. The molecule has 0 heterocycles. The van der Waals surface area contributed by atoms with Crippen LogP contribution in [-0.2, 0) is 4.74 Å². The molecule has 7 nitrogen and oxygen atoms in total. The van der Waals surface area contributed by atoms with Gasteiger partial charge in [0.1, 0.15) is 0 Å². The third-order valence-electron chi connectivity index (χ3n) is 3.22. The van der Waals surface area contributed by atoms with Crippen molar-refractivity contribution in [3.63, 3.8) is 0 Å². The van der Waals surface area contributed by atoms with Gasteiger partial charge in [0.05, 0.1) is 27.7 Å². The van der Waals surface area contributed by atoms with Gasteiger partial charge in [0, 0.05) is 17.8 Å². The van der Waals surface area contributed by atoms with E-state index in [0.29, 0.717) is 17.9 Å². The second-order valence-electron chi connectivity index (χ2n) is 5.09. The summed E-state index contributed by atoms with van der Waals surface area (Å²) in [5.74, 6) is -1.03. The molecule has 8 heteroatoms. The normalized spacial score (nSPS) is 10.2. The van der Waals surface area contributed by atoms with Crippen molar-refractivity contribution in [3.8, 4) is 0 Å².